The Labute approximate surface area is 81.5 Å². The van der Waals surface area contributed by atoms with Crippen LogP contribution in [0.2, 0.25) is 0 Å². The summed E-state index contributed by atoms with van der Waals surface area (Å²) < 4.78 is 0. The second-order valence-electron chi connectivity index (χ2n) is 2.60. The first-order chi connectivity index (χ1) is 6.75. The fraction of sp³-hybridized carbons (Fsp3) is 0.222. The number of rotatable bonds is 5. The molecular weight excluding hydrogens is 182 g/mol. The third kappa shape index (κ3) is 2.55. The van der Waals surface area contributed by atoms with Gasteiger partial charge in [0, 0.05) is 6.54 Å². The quantitative estimate of drug-likeness (QED) is 0.542. The van der Waals surface area contributed by atoms with Crippen molar-refractivity contribution in [3.8, 4) is 0 Å². The monoisotopic (exact) mass is 193 g/mol. The van der Waals surface area contributed by atoms with Gasteiger partial charge in [-0.2, -0.15) is 5.10 Å². The van der Waals surface area contributed by atoms with Crippen LogP contribution in [0, 0.1) is 0 Å². The van der Waals surface area contributed by atoms with E-state index in [0.717, 1.165) is 6.42 Å². The van der Waals surface area contributed by atoms with Crippen LogP contribution >= 0.6 is 0 Å². The van der Waals surface area contributed by atoms with E-state index in [2.05, 4.69) is 22.1 Å². The van der Waals surface area contributed by atoms with Crippen molar-refractivity contribution in [1.82, 2.24) is 10.2 Å². The van der Waals surface area contributed by atoms with Crippen LogP contribution in [0.25, 0.3) is 0 Å². The lowest BCUT2D eigenvalue weighted by Gasteiger charge is -2.04. The number of hydrogen-bond donors (Lipinski definition) is 2. The van der Waals surface area contributed by atoms with E-state index in [4.69, 9.17) is 5.11 Å². The molecule has 0 unspecified atom stereocenters. The van der Waals surface area contributed by atoms with Crippen LogP contribution < -0.4 is 5.32 Å². The SMILES string of the molecule is C=CCCNc1nnccc1C(=O)O. The number of nitrogens with one attached hydrogen (secondary N) is 1. The van der Waals surface area contributed by atoms with E-state index in [-0.39, 0.29) is 5.56 Å². The molecule has 1 aromatic rings. The average Bonchev–Trinajstić information content (AvgIpc) is 2.19. The Kier molecular flexibility index (Phi) is 3.60. The molecule has 0 spiro atoms. The first-order valence-electron chi connectivity index (χ1n) is 4.15. The molecule has 1 rings (SSSR count). The molecule has 0 aliphatic rings. The van der Waals surface area contributed by atoms with Gasteiger partial charge in [0.25, 0.3) is 0 Å². The molecule has 0 amide bonds. The summed E-state index contributed by atoms with van der Waals surface area (Å²) in [5, 5.41) is 19.0. The molecule has 74 valence electrons. The Balaban J connectivity index is 2.74. The molecule has 0 saturated carbocycles. The number of aromatic carboxylic acids is 1. The summed E-state index contributed by atoms with van der Waals surface area (Å²) in [4.78, 5) is 10.7. The Morgan fingerprint density at radius 2 is 2.50 bits per heavy atom. The maximum absolute atomic E-state index is 10.7. The van der Waals surface area contributed by atoms with Gasteiger partial charge in [-0.25, -0.2) is 4.79 Å². The standard InChI is InChI=1S/C9H11N3O2/c1-2-3-5-10-8-7(9(13)14)4-6-11-12-8/h2,4,6H,1,3,5H2,(H,10,12)(H,13,14). The predicted molar refractivity (Wildman–Crippen MR) is 52.3 cm³/mol. The van der Waals surface area contributed by atoms with Gasteiger partial charge in [-0.15, -0.1) is 11.7 Å². The van der Waals surface area contributed by atoms with E-state index in [9.17, 15) is 4.79 Å². The molecule has 0 aliphatic carbocycles. The first kappa shape index (κ1) is 10.2. The summed E-state index contributed by atoms with van der Waals surface area (Å²) in [6, 6.07) is 1.41. The minimum Gasteiger partial charge on any atom is -0.478 e. The highest BCUT2D eigenvalue weighted by Gasteiger charge is 2.09. The van der Waals surface area contributed by atoms with Crippen molar-refractivity contribution in [3.63, 3.8) is 0 Å². The van der Waals surface area contributed by atoms with E-state index in [1.807, 2.05) is 0 Å². The molecule has 0 aliphatic heterocycles. The number of carboxylic acid groups (broad SMARTS) is 1. The summed E-state index contributed by atoms with van der Waals surface area (Å²) in [5.41, 5.74) is 0.129. The Morgan fingerprint density at radius 1 is 1.71 bits per heavy atom. The highest BCUT2D eigenvalue weighted by atomic mass is 16.4. The van der Waals surface area contributed by atoms with Gasteiger partial charge in [-0.05, 0) is 12.5 Å². The van der Waals surface area contributed by atoms with Crippen molar-refractivity contribution in [3.05, 3.63) is 30.5 Å². The minimum atomic E-state index is -1.01. The average molecular weight is 193 g/mol. The largest absolute Gasteiger partial charge is 0.478 e. The van der Waals surface area contributed by atoms with Crippen molar-refractivity contribution in [2.45, 2.75) is 6.42 Å². The Bertz CT molecular complexity index is 339. The van der Waals surface area contributed by atoms with Gasteiger partial charge in [0.05, 0.1) is 6.20 Å². The molecule has 5 nitrogen and oxygen atoms in total. The highest BCUT2D eigenvalue weighted by Crippen LogP contribution is 2.09. The molecule has 14 heavy (non-hydrogen) atoms. The second kappa shape index (κ2) is 4.96. The molecule has 0 aromatic carbocycles. The van der Waals surface area contributed by atoms with Crippen LogP contribution in [-0.4, -0.2) is 27.8 Å². The molecule has 0 atom stereocenters. The number of carbonyl (C=O) groups is 1. The summed E-state index contributed by atoms with van der Waals surface area (Å²) >= 11 is 0. The third-order valence-electron chi connectivity index (χ3n) is 1.59. The molecule has 0 fully saturated rings. The van der Waals surface area contributed by atoms with Crippen molar-refractivity contribution in [2.75, 3.05) is 11.9 Å². The van der Waals surface area contributed by atoms with Crippen LogP contribution in [-0.2, 0) is 0 Å². The smallest absolute Gasteiger partial charge is 0.339 e. The molecule has 5 heteroatoms. The molecule has 1 aromatic heterocycles. The zero-order chi connectivity index (χ0) is 10.4. The van der Waals surface area contributed by atoms with Gasteiger partial charge in [-0.1, -0.05) is 6.08 Å². The molecule has 1 heterocycles. The number of hydrogen-bond acceptors (Lipinski definition) is 4. The predicted octanol–water partition coefficient (Wildman–Crippen LogP) is 1.16. The lowest BCUT2D eigenvalue weighted by molar-refractivity contribution is 0.0697. The number of nitrogens with zero attached hydrogens (tertiary/aromatic N) is 2. The maximum Gasteiger partial charge on any atom is 0.339 e. The van der Waals surface area contributed by atoms with Crippen molar-refractivity contribution < 1.29 is 9.90 Å². The van der Waals surface area contributed by atoms with Gasteiger partial charge < -0.3 is 10.4 Å². The molecule has 0 bridgehead atoms. The van der Waals surface area contributed by atoms with Crippen LogP contribution in [0.3, 0.4) is 0 Å². The number of aromatic nitrogens is 2. The summed E-state index contributed by atoms with van der Waals surface area (Å²) in [6.45, 7) is 4.16. The lowest BCUT2D eigenvalue weighted by Crippen LogP contribution is -2.09. The minimum absolute atomic E-state index is 0.129. The highest BCUT2D eigenvalue weighted by molar-refractivity contribution is 5.92. The summed E-state index contributed by atoms with van der Waals surface area (Å²) in [7, 11) is 0. The van der Waals surface area contributed by atoms with Crippen LogP contribution in [0.4, 0.5) is 5.82 Å². The van der Waals surface area contributed by atoms with Gasteiger partial charge in [0.2, 0.25) is 0 Å². The topological polar surface area (TPSA) is 75.1 Å². The zero-order valence-corrected chi connectivity index (χ0v) is 7.60. The third-order valence-corrected chi connectivity index (χ3v) is 1.59. The Hall–Kier alpha value is -1.91. The van der Waals surface area contributed by atoms with Crippen LogP contribution in [0.5, 0.6) is 0 Å². The molecular formula is C9H11N3O2. The fourth-order valence-electron chi connectivity index (χ4n) is 0.928. The molecule has 2 N–H and O–H groups in total. The lowest BCUT2D eigenvalue weighted by atomic mass is 10.3. The van der Waals surface area contributed by atoms with Crippen molar-refractivity contribution in [2.24, 2.45) is 0 Å². The van der Waals surface area contributed by atoms with Crippen molar-refractivity contribution >= 4 is 11.8 Å². The van der Waals surface area contributed by atoms with E-state index in [0.29, 0.717) is 12.4 Å². The van der Waals surface area contributed by atoms with Gasteiger partial charge in [0.15, 0.2) is 5.82 Å². The summed E-state index contributed by atoms with van der Waals surface area (Å²) in [5.74, 6) is -0.720. The number of anilines is 1. The van der Waals surface area contributed by atoms with Crippen LogP contribution in [0.15, 0.2) is 24.9 Å². The van der Waals surface area contributed by atoms with Gasteiger partial charge >= 0.3 is 5.97 Å². The van der Waals surface area contributed by atoms with E-state index >= 15 is 0 Å². The maximum atomic E-state index is 10.7. The van der Waals surface area contributed by atoms with Crippen LogP contribution in [0.1, 0.15) is 16.8 Å². The summed E-state index contributed by atoms with van der Waals surface area (Å²) in [6.07, 6.45) is 3.83. The molecule has 0 saturated heterocycles. The van der Waals surface area contributed by atoms with Crippen molar-refractivity contribution in [1.29, 1.82) is 0 Å². The zero-order valence-electron chi connectivity index (χ0n) is 7.60. The van der Waals surface area contributed by atoms with E-state index in [1.54, 1.807) is 6.08 Å². The first-order valence-corrected chi connectivity index (χ1v) is 4.15. The van der Waals surface area contributed by atoms with E-state index < -0.39 is 5.97 Å². The Morgan fingerprint density at radius 3 is 3.14 bits per heavy atom. The van der Waals surface area contributed by atoms with Gasteiger partial charge in [-0.3, -0.25) is 0 Å². The normalized spacial score (nSPS) is 9.43. The fourth-order valence-corrected chi connectivity index (χ4v) is 0.928. The van der Waals surface area contributed by atoms with Gasteiger partial charge in [0.1, 0.15) is 5.56 Å². The second-order valence-corrected chi connectivity index (χ2v) is 2.60. The van der Waals surface area contributed by atoms with E-state index in [1.165, 1.54) is 12.3 Å². The number of carboxylic acids is 1. The molecule has 0 radical (unpaired) electrons.